The van der Waals surface area contributed by atoms with Crippen LogP contribution in [0.3, 0.4) is 0 Å². The standard InChI is InChI=1S/C22H24N4O2/c1-5-28-19-8-6-17(7-9-19)25-21-13-20(23-16(4)24-21)22(27)26-18-11-14(2)10-15(3)12-18/h6-13H,5H2,1-4H3,(H,26,27)(H,23,24,25). The summed E-state index contributed by atoms with van der Waals surface area (Å²) in [6, 6.07) is 15.1. The van der Waals surface area contributed by atoms with Crippen LogP contribution in [0.1, 0.15) is 34.4 Å². The largest absolute Gasteiger partial charge is 0.494 e. The lowest BCUT2D eigenvalue weighted by Gasteiger charge is -2.11. The molecule has 2 aromatic carbocycles. The van der Waals surface area contributed by atoms with Crippen molar-refractivity contribution in [2.24, 2.45) is 0 Å². The number of hydrogen-bond acceptors (Lipinski definition) is 5. The highest BCUT2D eigenvalue weighted by molar-refractivity contribution is 6.03. The molecule has 1 aromatic heterocycles. The Morgan fingerprint density at radius 2 is 1.61 bits per heavy atom. The summed E-state index contributed by atoms with van der Waals surface area (Å²) in [5.74, 6) is 1.61. The van der Waals surface area contributed by atoms with Crippen LogP contribution in [0.2, 0.25) is 0 Å². The summed E-state index contributed by atoms with van der Waals surface area (Å²) in [7, 11) is 0. The first-order valence-electron chi connectivity index (χ1n) is 9.18. The summed E-state index contributed by atoms with van der Waals surface area (Å²) in [5, 5.41) is 6.11. The summed E-state index contributed by atoms with van der Waals surface area (Å²) in [6.07, 6.45) is 0. The molecule has 0 unspecified atom stereocenters. The van der Waals surface area contributed by atoms with E-state index in [9.17, 15) is 4.79 Å². The molecule has 0 bridgehead atoms. The van der Waals surface area contributed by atoms with Crippen LogP contribution in [-0.4, -0.2) is 22.5 Å². The lowest BCUT2D eigenvalue weighted by Crippen LogP contribution is -2.15. The number of aromatic nitrogens is 2. The Morgan fingerprint density at radius 3 is 2.25 bits per heavy atom. The van der Waals surface area contributed by atoms with Gasteiger partial charge in [-0.25, -0.2) is 9.97 Å². The highest BCUT2D eigenvalue weighted by atomic mass is 16.5. The molecule has 6 nitrogen and oxygen atoms in total. The molecule has 0 atom stereocenters. The Labute approximate surface area is 165 Å². The second-order valence-electron chi connectivity index (χ2n) is 6.60. The fourth-order valence-electron chi connectivity index (χ4n) is 2.94. The minimum Gasteiger partial charge on any atom is -0.494 e. The Kier molecular flexibility index (Phi) is 5.89. The molecular weight excluding hydrogens is 352 g/mol. The SMILES string of the molecule is CCOc1ccc(Nc2cc(C(=O)Nc3cc(C)cc(C)c3)nc(C)n2)cc1. The summed E-state index contributed by atoms with van der Waals surface area (Å²) < 4.78 is 5.45. The minimum absolute atomic E-state index is 0.273. The fourth-order valence-corrected chi connectivity index (χ4v) is 2.94. The van der Waals surface area contributed by atoms with E-state index >= 15 is 0 Å². The van der Waals surface area contributed by atoms with Gasteiger partial charge in [-0.1, -0.05) is 6.07 Å². The molecule has 3 aromatic rings. The van der Waals surface area contributed by atoms with E-state index in [1.165, 1.54) is 0 Å². The fraction of sp³-hybridized carbons (Fsp3) is 0.227. The average molecular weight is 376 g/mol. The number of nitrogens with zero attached hydrogens (tertiary/aromatic N) is 2. The molecule has 0 fully saturated rings. The van der Waals surface area contributed by atoms with E-state index in [1.54, 1.807) is 13.0 Å². The van der Waals surface area contributed by atoms with Crippen LogP contribution < -0.4 is 15.4 Å². The number of hydrogen-bond donors (Lipinski definition) is 2. The molecule has 2 N–H and O–H groups in total. The lowest BCUT2D eigenvalue weighted by atomic mass is 10.1. The molecule has 1 heterocycles. The van der Waals surface area contributed by atoms with E-state index in [4.69, 9.17) is 4.74 Å². The predicted octanol–water partition coefficient (Wildman–Crippen LogP) is 4.80. The van der Waals surface area contributed by atoms with Gasteiger partial charge >= 0.3 is 0 Å². The van der Waals surface area contributed by atoms with Crippen molar-refractivity contribution in [1.82, 2.24) is 9.97 Å². The maximum atomic E-state index is 12.7. The molecular formula is C22H24N4O2. The van der Waals surface area contributed by atoms with Crippen molar-refractivity contribution in [1.29, 1.82) is 0 Å². The van der Waals surface area contributed by atoms with Crippen molar-refractivity contribution in [2.75, 3.05) is 17.2 Å². The Hall–Kier alpha value is -3.41. The number of amides is 1. The molecule has 28 heavy (non-hydrogen) atoms. The smallest absolute Gasteiger partial charge is 0.274 e. The molecule has 0 aliphatic rings. The number of nitrogens with one attached hydrogen (secondary N) is 2. The van der Waals surface area contributed by atoms with E-state index in [2.05, 4.69) is 26.7 Å². The number of aryl methyl sites for hydroxylation is 3. The molecule has 0 saturated heterocycles. The Bertz CT molecular complexity index is 964. The molecule has 6 heteroatoms. The van der Waals surface area contributed by atoms with Crippen LogP contribution in [0, 0.1) is 20.8 Å². The Morgan fingerprint density at radius 1 is 0.929 bits per heavy atom. The van der Waals surface area contributed by atoms with Gasteiger partial charge in [0.05, 0.1) is 6.61 Å². The van der Waals surface area contributed by atoms with Gasteiger partial charge in [0, 0.05) is 17.4 Å². The maximum absolute atomic E-state index is 12.7. The average Bonchev–Trinajstić information content (AvgIpc) is 2.62. The van der Waals surface area contributed by atoms with Crippen LogP contribution in [-0.2, 0) is 0 Å². The van der Waals surface area contributed by atoms with Crippen molar-refractivity contribution < 1.29 is 9.53 Å². The first-order chi connectivity index (χ1) is 13.4. The number of ether oxygens (including phenoxy) is 1. The van der Waals surface area contributed by atoms with Gasteiger partial charge in [-0.05, 0) is 75.2 Å². The number of carbonyl (C=O) groups excluding carboxylic acids is 1. The molecule has 0 saturated carbocycles. The zero-order chi connectivity index (χ0) is 20.1. The molecule has 0 aliphatic heterocycles. The van der Waals surface area contributed by atoms with Crippen molar-refractivity contribution >= 4 is 23.1 Å². The molecule has 1 amide bonds. The third-order valence-electron chi connectivity index (χ3n) is 3.99. The van der Waals surface area contributed by atoms with Crippen molar-refractivity contribution in [2.45, 2.75) is 27.7 Å². The number of benzene rings is 2. The van der Waals surface area contributed by atoms with Crippen LogP contribution in [0.5, 0.6) is 5.75 Å². The summed E-state index contributed by atoms with van der Waals surface area (Å²) in [5.41, 5.74) is 4.08. The third kappa shape index (κ3) is 5.07. The summed E-state index contributed by atoms with van der Waals surface area (Å²) in [6.45, 7) is 8.32. The van der Waals surface area contributed by atoms with Crippen LogP contribution >= 0.6 is 0 Å². The second kappa shape index (κ2) is 8.52. The topological polar surface area (TPSA) is 76.1 Å². The number of anilines is 3. The van der Waals surface area contributed by atoms with Gasteiger partial charge in [0.15, 0.2) is 0 Å². The van der Waals surface area contributed by atoms with Crippen LogP contribution in [0.4, 0.5) is 17.2 Å². The number of carbonyl (C=O) groups is 1. The van der Waals surface area contributed by atoms with Gasteiger partial charge in [-0.15, -0.1) is 0 Å². The summed E-state index contributed by atoms with van der Waals surface area (Å²) in [4.78, 5) is 21.3. The lowest BCUT2D eigenvalue weighted by molar-refractivity contribution is 0.102. The normalized spacial score (nSPS) is 10.4. The van der Waals surface area contributed by atoms with E-state index < -0.39 is 0 Å². The van der Waals surface area contributed by atoms with E-state index in [0.717, 1.165) is 28.3 Å². The second-order valence-corrected chi connectivity index (χ2v) is 6.60. The molecule has 144 valence electrons. The minimum atomic E-state index is -0.273. The first kappa shape index (κ1) is 19.4. The molecule has 0 spiro atoms. The first-order valence-corrected chi connectivity index (χ1v) is 9.18. The zero-order valence-electron chi connectivity index (χ0n) is 16.5. The van der Waals surface area contributed by atoms with Gasteiger partial charge in [0.2, 0.25) is 0 Å². The maximum Gasteiger partial charge on any atom is 0.274 e. The van der Waals surface area contributed by atoms with Gasteiger partial charge in [0.1, 0.15) is 23.1 Å². The summed E-state index contributed by atoms with van der Waals surface area (Å²) >= 11 is 0. The van der Waals surface area contributed by atoms with E-state index in [0.29, 0.717) is 23.9 Å². The highest BCUT2D eigenvalue weighted by Crippen LogP contribution is 2.20. The van der Waals surface area contributed by atoms with Crippen LogP contribution in [0.15, 0.2) is 48.5 Å². The molecule has 3 rings (SSSR count). The van der Waals surface area contributed by atoms with Crippen molar-refractivity contribution in [3.8, 4) is 5.75 Å². The number of rotatable bonds is 6. The molecule has 0 radical (unpaired) electrons. The Balaban J connectivity index is 1.77. The van der Waals surface area contributed by atoms with Crippen molar-refractivity contribution in [3.63, 3.8) is 0 Å². The van der Waals surface area contributed by atoms with E-state index in [1.807, 2.05) is 57.2 Å². The monoisotopic (exact) mass is 376 g/mol. The van der Waals surface area contributed by atoms with Crippen LogP contribution in [0.25, 0.3) is 0 Å². The van der Waals surface area contributed by atoms with Gasteiger partial charge in [-0.3, -0.25) is 4.79 Å². The molecule has 0 aliphatic carbocycles. The quantitative estimate of drug-likeness (QED) is 0.646. The predicted molar refractivity (Wildman–Crippen MR) is 112 cm³/mol. The van der Waals surface area contributed by atoms with Crippen molar-refractivity contribution in [3.05, 3.63) is 71.2 Å². The van der Waals surface area contributed by atoms with Gasteiger partial charge in [0.25, 0.3) is 5.91 Å². The van der Waals surface area contributed by atoms with Gasteiger partial charge in [-0.2, -0.15) is 0 Å². The van der Waals surface area contributed by atoms with Gasteiger partial charge < -0.3 is 15.4 Å². The highest BCUT2D eigenvalue weighted by Gasteiger charge is 2.12. The third-order valence-corrected chi connectivity index (χ3v) is 3.99. The zero-order valence-corrected chi connectivity index (χ0v) is 16.5. The van der Waals surface area contributed by atoms with E-state index in [-0.39, 0.29) is 5.91 Å².